The van der Waals surface area contributed by atoms with E-state index in [1.165, 1.54) is 0 Å². The van der Waals surface area contributed by atoms with Crippen molar-refractivity contribution in [1.29, 1.82) is 0 Å². The van der Waals surface area contributed by atoms with Crippen molar-refractivity contribution in [1.82, 2.24) is 0 Å². The molecule has 0 unspecified atom stereocenters. The third-order valence-corrected chi connectivity index (χ3v) is 1.95. The first-order valence-corrected chi connectivity index (χ1v) is 3.97. The van der Waals surface area contributed by atoms with Crippen LogP contribution in [0.3, 0.4) is 0 Å². The molecule has 1 aromatic rings. The van der Waals surface area contributed by atoms with Crippen LogP contribution in [0.2, 0.25) is 5.02 Å². The molecule has 2 nitrogen and oxygen atoms in total. The fourth-order valence-electron chi connectivity index (χ4n) is 0.961. The monoisotopic (exact) mass is 184 g/mol. The zero-order chi connectivity index (χ0) is 8.97. The lowest BCUT2D eigenvalue weighted by atomic mass is 10.1. The predicted octanol–water partition coefficient (Wildman–Crippen LogP) is 2.57. The summed E-state index contributed by atoms with van der Waals surface area (Å²) >= 11 is 5.86. The Morgan fingerprint density at radius 2 is 2.17 bits per heavy atom. The molecule has 0 amide bonds. The molecular formula is C9H9ClO2. The van der Waals surface area contributed by atoms with Crippen LogP contribution in [0.15, 0.2) is 24.3 Å². The van der Waals surface area contributed by atoms with E-state index >= 15 is 0 Å². The average Bonchev–Trinajstić information content (AvgIpc) is 2.05. The van der Waals surface area contributed by atoms with Gasteiger partial charge in [0.1, 0.15) is 6.10 Å². The van der Waals surface area contributed by atoms with Crippen LogP contribution in [0, 0.1) is 0 Å². The number of benzene rings is 1. The van der Waals surface area contributed by atoms with Crippen molar-refractivity contribution in [3.8, 4) is 0 Å². The molecular weight excluding hydrogens is 176 g/mol. The quantitative estimate of drug-likeness (QED) is 0.675. The molecule has 0 spiro atoms. The number of carbonyl (C=O) groups is 1. The predicted molar refractivity (Wildman–Crippen MR) is 47.0 cm³/mol. The number of halogens is 1. The maximum atomic E-state index is 10.0. The van der Waals surface area contributed by atoms with Gasteiger partial charge >= 0.3 is 0 Å². The van der Waals surface area contributed by atoms with Crippen molar-refractivity contribution in [3.05, 3.63) is 34.9 Å². The van der Waals surface area contributed by atoms with Gasteiger partial charge in [-0.3, -0.25) is 4.79 Å². The highest BCUT2D eigenvalue weighted by atomic mass is 35.5. The number of rotatable bonds is 3. The van der Waals surface area contributed by atoms with E-state index in [4.69, 9.17) is 16.3 Å². The normalized spacial score (nSPS) is 12.2. The van der Waals surface area contributed by atoms with Crippen molar-refractivity contribution in [2.45, 2.75) is 13.0 Å². The van der Waals surface area contributed by atoms with Gasteiger partial charge in [0.15, 0.2) is 0 Å². The lowest BCUT2D eigenvalue weighted by Crippen LogP contribution is -1.98. The summed E-state index contributed by atoms with van der Waals surface area (Å²) in [4.78, 5) is 10.0. The van der Waals surface area contributed by atoms with Crippen LogP contribution in [-0.2, 0) is 9.53 Å². The Labute approximate surface area is 76.1 Å². The summed E-state index contributed by atoms with van der Waals surface area (Å²) < 4.78 is 4.74. The second kappa shape index (κ2) is 4.12. The van der Waals surface area contributed by atoms with Gasteiger partial charge in [-0.2, -0.15) is 0 Å². The SMILES string of the molecule is C[C@H](OC=O)c1ccccc1Cl. The van der Waals surface area contributed by atoms with Crippen LogP contribution in [0.4, 0.5) is 0 Å². The summed E-state index contributed by atoms with van der Waals surface area (Å²) in [7, 11) is 0. The van der Waals surface area contributed by atoms with Gasteiger partial charge in [-0.25, -0.2) is 0 Å². The topological polar surface area (TPSA) is 26.3 Å². The Kier molecular flexibility index (Phi) is 3.11. The van der Waals surface area contributed by atoms with E-state index in [-0.39, 0.29) is 6.10 Å². The Bertz CT molecular complexity index is 273. The summed E-state index contributed by atoms with van der Waals surface area (Å²) in [5, 5.41) is 0.617. The second-order valence-corrected chi connectivity index (χ2v) is 2.80. The minimum Gasteiger partial charge on any atom is -0.460 e. The van der Waals surface area contributed by atoms with Gasteiger partial charge in [-0.1, -0.05) is 29.8 Å². The first-order valence-electron chi connectivity index (χ1n) is 3.59. The maximum Gasteiger partial charge on any atom is 0.293 e. The standard InChI is InChI=1S/C9H9ClO2/c1-7(12-6-11)8-4-2-3-5-9(8)10/h2-7H,1H3/t7-/m0/s1. The summed E-state index contributed by atoms with van der Waals surface area (Å²) in [6, 6.07) is 7.28. The molecule has 0 bridgehead atoms. The third kappa shape index (κ3) is 1.98. The van der Waals surface area contributed by atoms with E-state index in [0.717, 1.165) is 5.56 Å². The lowest BCUT2D eigenvalue weighted by Gasteiger charge is -2.10. The van der Waals surface area contributed by atoms with Crippen LogP contribution < -0.4 is 0 Å². The fourth-order valence-corrected chi connectivity index (χ4v) is 1.25. The molecule has 0 aromatic heterocycles. The van der Waals surface area contributed by atoms with Crippen molar-refractivity contribution in [2.24, 2.45) is 0 Å². The zero-order valence-electron chi connectivity index (χ0n) is 6.66. The summed E-state index contributed by atoms with van der Waals surface area (Å²) in [6.07, 6.45) is -0.281. The van der Waals surface area contributed by atoms with Crippen molar-refractivity contribution in [3.63, 3.8) is 0 Å². The maximum absolute atomic E-state index is 10.0. The fraction of sp³-hybridized carbons (Fsp3) is 0.222. The molecule has 0 heterocycles. The summed E-state index contributed by atoms with van der Waals surface area (Å²) in [6.45, 7) is 2.20. The molecule has 0 radical (unpaired) electrons. The molecule has 3 heteroatoms. The van der Waals surface area contributed by atoms with E-state index in [9.17, 15) is 4.79 Å². The number of ether oxygens (including phenoxy) is 1. The largest absolute Gasteiger partial charge is 0.460 e. The highest BCUT2D eigenvalue weighted by Gasteiger charge is 2.08. The van der Waals surface area contributed by atoms with Gasteiger partial charge in [0, 0.05) is 10.6 Å². The molecule has 1 rings (SSSR count). The van der Waals surface area contributed by atoms with Gasteiger partial charge < -0.3 is 4.74 Å². The molecule has 1 atom stereocenters. The lowest BCUT2D eigenvalue weighted by molar-refractivity contribution is -0.133. The van der Waals surface area contributed by atoms with Crippen molar-refractivity contribution < 1.29 is 9.53 Å². The van der Waals surface area contributed by atoms with Crippen molar-refractivity contribution >= 4 is 18.1 Å². The van der Waals surface area contributed by atoms with Gasteiger partial charge in [-0.15, -0.1) is 0 Å². The Hall–Kier alpha value is -1.02. The van der Waals surface area contributed by atoms with Gasteiger partial charge in [0.2, 0.25) is 0 Å². The number of carbonyl (C=O) groups excluding carboxylic acids is 1. The van der Waals surface area contributed by atoms with E-state index in [1.807, 2.05) is 18.2 Å². The molecule has 0 aliphatic heterocycles. The highest BCUT2D eigenvalue weighted by molar-refractivity contribution is 6.31. The van der Waals surface area contributed by atoms with E-state index < -0.39 is 0 Å². The smallest absolute Gasteiger partial charge is 0.293 e. The molecule has 0 saturated heterocycles. The first-order chi connectivity index (χ1) is 5.75. The van der Waals surface area contributed by atoms with Crippen LogP contribution in [-0.4, -0.2) is 6.47 Å². The van der Waals surface area contributed by atoms with Gasteiger partial charge in [-0.05, 0) is 13.0 Å². The van der Waals surface area contributed by atoms with Crippen LogP contribution in [0.25, 0.3) is 0 Å². The molecule has 64 valence electrons. The minimum absolute atomic E-state index is 0.281. The number of hydrogen-bond donors (Lipinski definition) is 0. The van der Waals surface area contributed by atoms with E-state index in [0.29, 0.717) is 11.5 Å². The van der Waals surface area contributed by atoms with E-state index in [1.54, 1.807) is 13.0 Å². The summed E-state index contributed by atoms with van der Waals surface area (Å²) in [5.41, 5.74) is 0.825. The second-order valence-electron chi connectivity index (χ2n) is 2.40. The first kappa shape index (κ1) is 9.07. The summed E-state index contributed by atoms with van der Waals surface area (Å²) in [5.74, 6) is 0. The molecule has 0 fully saturated rings. The van der Waals surface area contributed by atoms with Gasteiger partial charge in [0.25, 0.3) is 6.47 Å². The minimum atomic E-state index is -0.281. The molecule has 12 heavy (non-hydrogen) atoms. The third-order valence-electron chi connectivity index (χ3n) is 1.60. The van der Waals surface area contributed by atoms with Crippen LogP contribution >= 0.6 is 11.6 Å². The molecule has 0 aliphatic rings. The average molecular weight is 185 g/mol. The van der Waals surface area contributed by atoms with Gasteiger partial charge in [0.05, 0.1) is 0 Å². The van der Waals surface area contributed by atoms with Crippen LogP contribution in [0.5, 0.6) is 0 Å². The molecule has 0 aliphatic carbocycles. The van der Waals surface area contributed by atoms with E-state index in [2.05, 4.69) is 0 Å². The highest BCUT2D eigenvalue weighted by Crippen LogP contribution is 2.23. The Morgan fingerprint density at radius 3 is 2.75 bits per heavy atom. The molecule has 0 N–H and O–H groups in total. The van der Waals surface area contributed by atoms with Crippen LogP contribution in [0.1, 0.15) is 18.6 Å². The zero-order valence-corrected chi connectivity index (χ0v) is 7.41. The molecule has 1 aromatic carbocycles. The Morgan fingerprint density at radius 1 is 1.50 bits per heavy atom. The van der Waals surface area contributed by atoms with Crippen molar-refractivity contribution in [2.75, 3.05) is 0 Å². The Balaban J connectivity index is 2.86. The molecule has 0 saturated carbocycles. The number of hydrogen-bond acceptors (Lipinski definition) is 2.